The Morgan fingerprint density at radius 3 is 2.53 bits per heavy atom. The Kier molecular flexibility index (Phi) is 5.93. The summed E-state index contributed by atoms with van der Waals surface area (Å²) in [6, 6.07) is 16.3. The third-order valence-electron chi connectivity index (χ3n) is 5.06. The molecule has 0 spiro atoms. The first-order chi connectivity index (χ1) is 14.7. The van der Waals surface area contributed by atoms with Gasteiger partial charge in [0.1, 0.15) is 0 Å². The largest absolute Gasteiger partial charge is 0.381 e. The molecule has 1 saturated heterocycles. The van der Waals surface area contributed by atoms with E-state index in [2.05, 4.69) is 34.0 Å². The number of hydrogen-bond donors (Lipinski definition) is 0. The van der Waals surface area contributed by atoms with Crippen molar-refractivity contribution < 1.29 is 4.74 Å². The fraction of sp³-hybridized carbons (Fsp3) is 0.292. The first kappa shape index (κ1) is 20.3. The Morgan fingerprint density at radius 1 is 1.13 bits per heavy atom. The minimum atomic E-state index is 0.565. The summed E-state index contributed by atoms with van der Waals surface area (Å²) in [7, 11) is 0. The van der Waals surface area contributed by atoms with Gasteiger partial charge in [-0.3, -0.25) is 4.68 Å². The molecule has 1 aliphatic rings. The van der Waals surface area contributed by atoms with Crippen molar-refractivity contribution in [3.63, 3.8) is 0 Å². The number of rotatable bonds is 4. The first-order valence-corrected chi connectivity index (χ1v) is 11.0. The molecule has 0 atom stereocenters. The van der Waals surface area contributed by atoms with Gasteiger partial charge < -0.3 is 4.74 Å². The molecular formula is C24H24N4OS. The van der Waals surface area contributed by atoms with Gasteiger partial charge in [0.15, 0.2) is 0 Å². The van der Waals surface area contributed by atoms with Gasteiger partial charge in [0.25, 0.3) is 0 Å². The molecule has 3 heterocycles. The number of thiazole rings is 1. The normalized spacial score (nSPS) is 13.4. The Morgan fingerprint density at radius 2 is 1.87 bits per heavy atom. The maximum absolute atomic E-state index is 9.03. The highest BCUT2D eigenvalue weighted by Gasteiger charge is 2.20. The molecule has 1 aliphatic heterocycles. The summed E-state index contributed by atoms with van der Waals surface area (Å²) in [4.78, 5) is 5.90. The van der Waals surface area contributed by atoms with Crippen LogP contribution in [0.1, 0.15) is 24.4 Å². The molecule has 2 aromatic carbocycles. The molecule has 6 heteroatoms. The highest BCUT2D eigenvalue weighted by atomic mass is 32.1. The number of aryl methyl sites for hydroxylation is 1. The van der Waals surface area contributed by atoms with Crippen LogP contribution in [0.3, 0.4) is 0 Å². The summed E-state index contributed by atoms with van der Waals surface area (Å²) < 4.78 is 7.36. The molecular weight excluding hydrogens is 392 g/mol. The standard InChI is InChI=1S/C22H18N4OS.C2H6/c1-14-25-21(17-4-2-15(9-23)3-5-17)22(28-14)18-6-7-20-19(8-18)10-24-26(20)11-16-12-27-13-16;1-2/h2-8,10,16H,11-13H2,1H3;1-2H3. The van der Waals surface area contributed by atoms with Crippen LogP contribution in [0, 0.1) is 24.2 Å². The highest BCUT2D eigenvalue weighted by Crippen LogP contribution is 2.38. The van der Waals surface area contributed by atoms with Crippen molar-refractivity contribution in [1.82, 2.24) is 14.8 Å². The number of nitriles is 1. The fourth-order valence-electron chi connectivity index (χ4n) is 3.53. The molecule has 1 fully saturated rings. The van der Waals surface area contributed by atoms with Gasteiger partial charge in [-0.15, -0.1) is 11.3 Å². The van der Waals surface area contributed by atoms with Gasteiger partial charge in [0.2, 0.25) is 0 Å². The van der Waals surface area contributed by atoms with Crippen molar-refractivity contribution in [2.24, 2.45) is 5.92 Å². The van der Waals surface area contributed by atoms with E-state index in [-0.39, 0.29) is 0 Å². The van der Waals surface area contributed by atoms with Gasteiger partial charge >= 0.3 is 0 Å². The van der Waals surface area contributed by atoms with Gasteiger partial charge in [-0.25, -0.2) is 4.98 Å². The van der Waals surface area contributed by atoms with Crippen molar-refractivity contribution in [3.05, 3.63) is 59.2 Å². The van der Waals surface area contributed by atoms with Crippen LogP contribution in [0.2, 0.25) is 0 Å². The summed E-state index contributed by atoms with van der Waals surface area (Å²) >= 11 is 1.69. The molecule has 0 aliphatic carbocycles. The maximum atomic E-state index is 9.03. The average Bonchev–Trinajstić information content (AvgIpc) is 3.35. The number of nitrogens with zero attached hydrogens (tertiary/aromatic N) is 4. The van der Waals surface area contributed by atoms with Crippen LogP contribution in [-0.2, 0) is 11.3 Å². The number of fused-ring (bicyclic) bond motifs is 1. The second-order valence-electron chi connectivity index (χ2n) is 7.10. The Balaban J connectivity index is 0.00000106. The average molecular weight is 417 g/mol. The molecule has 5 nitrogen and oxygen atoms in total. The molecule has 0 N–H and O–H groups in total. The lowest BCUT2D eigenvalue weighted by molar-refractivity contribution is -0.0403. The zero-order chi connectivity index (χ0) is 21.1. The minimum Gasteiger partial charge on any atom is -0.381 e. The zero-order valence-corrected chi connectivity index (χ0v) is 18.2. The summed E-state index contributed by atoms with van der Waals surface area (Å²) in [6.45, 7) is 8.58. The van der Waals surface area contributed by atoms with Crippen molar-refractivity contribution in [1.29, 1.82) is 5.26 Å². The van der Waals surface area contributed by atoms with E-state index in [0.717, 1.165) is 57.4 Å². The van der Waals surface area contributed by atoms with E-state index in [1.807, 2.05) is 51.2 Å². The maximum Gasteiger partial charge on any atom is 0.0991 e. The molecule has 5 rings (SSSR count). The molecule has 2 aromatic heterocycles. The first-order valence-electron chi connectivity index (χ1n) is 10.2. The minimum absolute atomic E-state index is 0.565. The van der Waals surface area contributed by atoms with Crippen LogP contribution in [0.5, 0.6) is 0 Å². The second-order valence-corrected chi connectivity index (χ2v) is 8.31. The zero-order valence-electron chi connectivity index (χ0n) is 17.4. The molecule has 30 heavy (non-hydrogen) atoms. The lowest BCUT2D eigenvalue weighted by atomic mass is 10.0. The van der Waals surface area contributed by atoms with E-state index >= 15 is 0 Å². The van der Waals surface area contributed by atoms with E-state index in [9.17, 15) is 0 Å². The Hall–Kier alpha value is -3.01. The van der Waals surface area contributed by atoms with Crippen LogP contribution >= 0.6 is 11.3 Å². The monoisotopic (exact) mass is 416 g/mol. The number of aromatic nitrogens is 3. The van der Waals surface area contributed by atoms with Crippen LogP contribution in [0.15, 0.2) is 48.7 Å². The van der Waals surface area contributed by atoms with Crippen LogP contribution in [0.4, 0.5) is 0 Å². The van der Waals surface area contributed by atoms with Crippen molar-refractivity contribution in [3.8, 4) is 27.8 Å². The van der Waals surface area contributed by atoms with Crippen LogP contribution in [-0.4, -0.2) is 28.0 Å². The number of hydrogen-bond acceptors (Lipinski definition) is 5. The third-order valence-corrected chi connectivity index (χ3v) is 6.08. The van der Waals surface area contributed by atoms with Gasteiger partial charge in [0.05, 0.1) is 52.1 Å². The van der Waals surface area contributed by atoms with Gasteiger partial charge in [-0.1, -0.05) is 32.0 Å². The van der Waals surface area contributed by atoms with Crippen molar-refractivity contribution >= 4 is 22.2 Å². The third kappa shape index (κ3) is 3.87. The highest BCUT2D eigenvalue weighted by molar-refractivity contribution is 7.15. The van der Waals surface area contributed by atoms with Crippen LogP contribution in [0.25, 0.3) is 32.6 Å². The number of benzene rings is 2. The topological polar surface area (TPSA) is 63.7 Å². The van der Waals surface area contributed by atoms with Gasteiger partial charge in [-0.05, 0) is 36.8 Å². The van der Waals surface area contributed by atoms with E-state index in [4.69, 9.17) is 15.0 Å². The van der Waals surface area contributed by atoms with Gasteiger partial charge in [-0.2, -0.15) is 10.4 Å². The predicted octanol–water partition coefficient (Wildman–Crippen LogP) is 5.68. The molecule has 0 radical (unpaired) electrons. The number of ether oxygens (including phenoxy) is 1. The summed E-state index contributed by atoms with van der Waals surface area (Å²) in [5.41, 5.74) is 4.94. The summed E-state index contributed by atoms with van der Waals surface area (Å²) in [5.74, 6) is 0.565. The van der Waals surface area contributed by atoms with E-state index in [0.29, 0.717) is 11.5 Å². The summed E-state index contributed by atoms with van der Waals surface area (Å²) in [6.07, 6.45) is 1.94. The Labute approximate surface area is 180 Å². The molecule has 0 amide bonds. The Bertz CT molecular complexity index is 1200. The molecule has 0 unspecified atom stereocenters. The fourth-order valence-corrected chi connectivity index (χ4v) is 4.47. The van der Waals surface area contributed by atoms with Gasteiger partial charge in [0, 0.05) is 23.4 Å². The molecule has 0 bridgehead atoms. The van der Waals surface area contributed by atoms with Crippen molar-refractivity contribution in [2.75, 3.05) is 13.2 Å². The molecule has 4 aromatic rings. The lowest BCUT2D eigenvalue weighted by Crippen LogP contribution is -2.31. The smallest absolute Gasteiger partial charge is 0.0991 e. The molecule has 0 saturated carbocycles. The lowest BCUT2D eigenvalue weighted by Gasteiger charge is -2.25. The van der Waals surface area contributed by atoms with E-state index in [1.54, 1.807) is 11.3 Å². The van der Waals surface area contributed by atoms with E-state index < -0.39 is 0 Å². The van der Waals surface area contributed by atoms with E-state index in [1.165, 1.54) is 0 Å². The second kappa shape index (κ2) is 8.78. The predicted molar refractivity (Wildman–Crippen MR) is 121 cm³/mol. The molecule has 152 valence electrons. The summed E-state index contributed by atoms with van der Waals surface area (Å²) in [5, 5.41) is 15.8. The SMILES string of the molecule is CC.Cc1nc(-c2ccc(C#N)cc2)c(-c2ccc3c(cnn3CC3COC3)c2)s1. The van der Waals surface area contributed by atoms with Crippen LogP contribution < -0.4 is 0 Å². The van der Waals surface area contributed by atoms with Crippen molar-refractivity contribution in [2.45, 2.75) is 27.3 Å². The quantitative estimate of drug-likeness (QED) is 0.429.